The molecular formula is C18H21BrFNO. The predicted octanol–water partition coefficient (Wildman–Crippen LogP) is 5.06. The fraction of sp³-hybridized carbons (Fsp3) is 0.333. The first-order chi connectivity index (χ1) is 10.6. The second-order valence-corrected chi connectivity index (χ2v) is 6.27. The quantitative estimate of drug-likeness (QED) is 0.740. The highest BCUT2D eigenvalue weighted by Crippen LogP contribution is 2.24. The summed E-state index contributed by atoms with van der Waals surface area (Å²) in [4.78, 5) is 0. The first-order valence-electron chi connectivity index (χ1n) is 7.47. The van der Waals surface area contributed by atoms with Crippen molar-refractivity contribution in [3.8, 4) is 5.75 Å². The summed E-state index contributed by atoms with van der Waals surface area (Å²) in [6, 6.07) is 12.8. The maximum absolute atomic E-state index is 12.9. The maximum Gasteiger partial charge on any atom is 0.124 e. The Kier molecular flexibility index (Phi) is 6.40. The van der Waals surface area contributed by atoms with E-state index >= 15 is 0 Å². The molecule has 0 aliphatic rings. The van der Waals surface area contributed by atoms with Gasteiger partial charge in [0, 0.05) is 22.6 Å². The highest BCUT2D eigenvalue weighted by atomic mass is 79.9. The predicted molar refractivity (Wildman–Crippen MR) is 91.5 cm³/mol. The van der Waals surface area contributed by atoms with E-state index < -0.39 is 0 Å². The maximum atomic E-state index is 12.9. The van der Waals surface area contributed by atoms with Crippen LogP contribution in [-0.2, 0) is 13.2 Å². The lowest BCUT2D eigenvalue weighted by Gasteiger charge is -2.15. The zero-order valence-corrected chi connectivity index (χ0v) is 14.5. The summed E-state index contributed by atoms with van der Waals surface area (Å²) >= 11 is 3.50. The SMILES string of the molecule is CC[C@H](C)NCc1cc(Br)ccc1OCc1ccc(F)cc1. The molecular weight excluding hydrogens is 345 g/mol. The summed E-state index contributed by atoms with van der Waals surface area (Å²) in [5.74, 6) is 0.620. The van der Waals surface area contributed by atoms with Gasteiger partial charge in [-0.25, -0.2) is 4.39 Å². The number of halogens is 2. The standard InChI is InChI=1S/C18H21BrFNO/c1-3-13(2)21-11-15-10-16(19)6-9-18(15)22-12-14-4-7-17(20)8-5-14/h4-10,13,21H,3,11-12H2,1-2H3/t13-/m0/s1. The van der Waals surface area contributed by atoms with Crippen molar-refractivity contribution < 1.29 is 9.13 Å². The van der Waals surface area contributed by atoms with Crippen LogP contribution in [0.25, 0.3) is 0 Å². The van der Waals surface area contributed by atoms with Crippen LogP contribution in [0, 0.1) is 5.82 Å². The smallest absolute Gasteiger partial charge is 0.124 e. The van der Waals surface area contributed by atoms with Gasteiger partial charge in [0.1, 0.15) is 18.2 Å². The zero-order chi connectivity index (χ0) is 15.9. The first-order valence-corrected chi connectivity index (χ1v) is 8.27. The van der Waals surface area contributed by atoms with Gasteiger partial charge in [-0.15, -0.1) is 0 Å². The number of hydrogen-bond donors (Lipinski definition) is 1. The van der Waals surface area contributed by atoms with E-state index in [-0.39, 0.29) is 5.82 Å². The molecule has 2 aromatic carbocycles. The molecule has 22 heavy (non-hydrogen) atoms. The summed E-state index contributed by atoms with van der Waals surface area (Å²) in [6.45, 7) is 5.51. The van der Waals surface area contributed by atoms with Crippen molar-refractivity contribution in [2.24, 2.45) is 0 Å². The largest absolute Gasteiger partial charge is 0.489 e. The number of nitrogens with one attached hydrogen (secondary N) is 1. The van der Waals surface area contributed by atoms with Gasteiger partial charge in [-0.1, -0.05) is 35.0 Å². The van der Waals surface area contributed by atoms with Crippen molar-refractivity contribution >= 4 is 15.9 Å². The van der Waals surface area contributed by atoms with Gasteiger partial charge in [-0.2, -0.15) is 0 Å². The molecule has 0 saturated carbocycles. The lowest BCUT2D eigenvalue weighted by atomic mass is 10.1. The van der Waals surface area contributed by atoms with Crippen LogP contribution >= 0.6 is 15.9 Å². The number of hydrogen-bond acceptors (Lipinski definition) is 2. The van der Waals surface area contributed by atoms with E-state index in [1.54, 1.807) is 12.1 Å². The third-order valence-electron chi connectivity index (χ3n) is 3.58. The van der Waals surface area contributed by atoms with Crippen LogP contribution in [0.4, 0.5) is 4.39 Å². The van der Waals surface area contributed by atoms with Gasteiger partial charge < -0.3 is 10.1 Å². The van der Waals surface area contributed by atoms with Gasteiger partial charge >= 0.3 is 0 Å². The molecule has 4 heteroatoms. The molecule has 0 heterocycles. The molecule has 0 spiro atoms. The fourth-order valence-electron chi connectivity index (χ4n) is 2.00. The van der Waals surface area contributed by atoms with Crippen molar-refractivity contribution in [1.29, 1.82) is 0 Å². The summed E-state index contributed by atoms with van der Waals surface area (Å²) in [7, 11) is 0. The van der Waals surface area contributed by atoms with Gasteiger partial charge in [0.05, 0.1) is 0 Å². The van der Waals surface area contributed by atoms with Gasteiger partial charge in [0.25, 0.3) is 0 Å². The average molecular weight is 366 g/mol. The van der Waals surface area contributed by atoms with Gasteiger partial charge in [0.2, 0.25) is 0 Å². The highest BCUT2D eigenvalue weighted by molar-refractivity contribution is 9.10. The molecule has 2 rings (SSSR count). The van der Waals surface area contributed by atoms with Crippen molar-refractivity contribution in [1.82, 2.24) is 5.32 Å². The molecule has 118 valence electrons. The van der Waals surface area contributed by atoms with Crippen molar-refractivity contribution in [2.45, 2.75) is 39.5 Å². The minimum atomic E-state index is -0.231. The Balaban J connectivity index is 2.04. The Morgan fingerprint density at radius 2 is 1.91 bits per heavy atom. The van der Waals surface area contributed by atoms with E-state index in [9.17, 15) is 4.39 Å². The van der Waals surface area contributed by atoms with E-state index in [2.05, 4.69) is 41.2 Å². The van der Waals surface area contributed by atoms with Gasteiger partial charge in [0.15, 0.2) is 0 Å². The Morgan fingerprint density at radius 3 is 2.59 bits per heavy atom. The van der Waals surface area contributed by atoms with Crippen LogP contribution in [0.15, 0.2) is 46.9 Å². The zero-order valence-electron chi connectivity index (χ0n) is 12.9. The third-order valence-corrected chi connectivity index (χ3v) is 4.08. The minimum absolute atomic E-state index is 0.231. The van der Waals surface area contributed by atoms with Crippen molar-refractivity contribution in [3.05, 3.63) is 63.9 Å². The average Bonchev–Trinajstić information content (AvgIpc) is 2.53. The van der Waals surface area contributed by atoms with Crippen LogP contribution in [0.3, 0.4) is 0 Å². The summed E-state index contributed by atoms with van der Waals surface area (Å²) < 4.78 is 19.8. The molecule has 1 N–H and O–H groups in total. The Hall–Kier alpha value is -1.39. The molecule has 0 aliphatic carbocycles. The first kappa shape index (κ1) is 17.0. The Bertz CT molecular complexity index is 601. The van der Waals surface area contributed by atoms with Crippen LogP contribution < -0.4 is 10.1 Å². The molecule has 0 fully saturated rings. The Morgan fingerprint density at radius 1 is 1.18 bits per heavy atom. The number of rotatable bonds is 7. The third kappa shape index (κ3) is 5.11. The van der Waals surface area contributed by atoms with Crippen LogP contribution in [0.2, 0.25) is 0 Å². The second kappa shape index (κ2) is 8.30. The van der Waals surface area contributed by atoms with Crippen LogP contribution in [0.5, 0.6) is 5.75 Å². The fourth-order valence-corrected chi connectivity index (χ4v) is 2.41. The molecule has 2 nitrogen and oxygen atoms in total. The highest BCUT2D eigenvalue weighted by Gasteiger charge is 2.07. The topological polar surface area (TPSA) is 21.3 Å². The lowest BCUT2D eigenvalue weighted by Crippen LogP contribution is -2.24. The molecule has 0 unspecified atom stereocenters. The molecule has 0 radical (unpaired) electrons. The lowest BCUT2D eigenvalue weighted by molar-refractivity contribution is 0.301. The molecule has 0 bridgehead atoms. The summed E-state index contributed by atoms with van der Waals surface area (Å²) in [5, 5.41) is 3.47. The Labute approximate surface area is 139 Å². The van der Waals surface area contributed by atoms with Crippen LogP contribution in [0.1, 0.15) is 31.4 Å². The van der Waals surface area contributed by atoms with E-state index in [1.807, 2.05) is 12.1 Å². The summed E-state index contributed by atoms with van der Waals surface area (Å²) in [5.41, 5.74) is 2.06. The summed E-state index contributed by atoms with van der Waals surface area (Å²) in [6.07, 6.45) is 1.08. The van der Waals surface area contributed by atoms with E-state index in [0.29, 0.717) is 12.6 Å². The van der Waals surface area contributed by atoms with E-state index in [1.165, 1.54) is 12.1 Å². The van der Waals surface area contributed by atoms with Gasteiger partial charge in [-0.05, 0) is 49.2 Å². The molecule has 0 amide bonds. The van der Waals surface area contributed by atoms with Crippen molar-refractivity contribution in [2.75, 3.05) is 0 Å². The van der Waals surface area contributed by atoms with Gasteiger partial charge in [-0.3, -0.25) is 0 Å². The molecule has 0 aromatic heterocycles. The number of ether oxygens (including phenoxy) is 1. The second-order valence-electron chi connectivity index (χ2n) is 5.36. The molecule has 1 atom stereocenters. The molecule has 0 saturated heterocycles. The van der Waals surface area contributed by atoms with E-state index in [0.717, 1.165) is 34.3 Å². The van der Waals surface area contributed by atoms with Crippen LogP contribution in [-0.4, -0.2) is 6.04 Å². The minimum Gasteiger partial charge on any atom is -0.489 e. The molecule has 2 aromatic rings. The van der Waals surface area contributed by atoms with E-state index in [4.69, 9.17) is 4.74 Å². The normalized spacial score (nSPS) is 12.2. The molecule has 0 aliphatic heterocycles. The monoisotopic (exact) mass is 365 g/mol. The van der Waals surface area contributed by atoms with Crippen molar-refractivity contribution in [3.63, 3.8) is 0 Å². The number of benzene rings is 2.